The van der Waals surface area contributed by atoms with E-state index in [1.807, 2.05) is 14.0 Å². The molecule has 0 fully saturated rings. The molecule has 0 radical (unpaired) electrons. The third-order valence-corrected chi connectivity index (χ3v) is 3.10. The molecule has 22 heavy (non-hydrogen) atoms. The Bertz CT molecular complexity index is 629. The standard InChI is InChI=1S/C14H18FN5O.ClH/c1-9(16-3)8-17-14(21)13-18-10(2)20(19-13)12-6-4-11(15)5-7-12;/h4-7,9,16H,8H2,1-3H3,(H,17,21);1H. The van der Waals surface area contributed by atoms with Crippen LogP contribution in [0.4, 0.5) is 4.39 Å². The van der Waals surface area contributed by atoms with Gasteiger partial charge in [-0.3, -0.25) is 4.79 Å². The minimum absolute atomic E-state index is 0. The number of hydrogen-bond acceptors (Lipinski definition) is 4. The Kier molecular flexibility index (Phi) is 6.45. The lowest BCUT2D eigenvalue weighted by atomic mass is 10.3. The van der Waals surface area contributed by atoms with Crippen LogP contribution in [0.5, 0.6) is 0 Å². The first-order valence-electron chi connectivity index (χ1n) is 6.66. The molecule has 120 valence electrons. The van der Waals surface area contributed by atoms with Crippen molar-refractivity contribution in [3.8, 4) is 5.69 Å². The molecule has 0 bridgehead atoms. The van der Waals surface area contributed by atoms with E-state index in [2.05, 4.69) is 20.7 Å². The molecule has 0 saturated heterocycles. The summed E-state index contributed by atoms with van der Waals surface area (Å²) in [6, 6.07) is 6.01. The van der Waals surface area contributed by atoms with Gasteiger partial charge in [-0.15, -0.1) is 17.5 Å². The molecular weight excluding hydrogens is 309 g/mol. The van der Waals surface area contributed by atoms with E-state index in [-0.39, 0.29) is 36.0 Å². The number of likely N-dealkylation sites (N-methyl/N-ethyl adjacent to an activating group) is 1. The van der Waals surface area contributed by atoms with Gasteiger partial charge in [0.05, 0.1) is 5.69 Å². The molecule has 0 aliphatic heterocycles. The van der Waals surface area contributed by atoms with Gasteiger partial charge in [-0.1, -0.05) is 0 Å². The molecule has 0 aliphatic rings. The van der Waals surface area contributed by atoms with Gasteiger partial charge in [-0.2, -0.15) is 0 Å². The third kappa shape index (κ3) is 4.25. The van der Waals surface area contributed by atoms with E-state index in [1.54, 1.807) is 19.1 Å². The molecule has 1 aromatic carbocycles. The van der Waals surface area contributed by atoms with E-state index < -0.39 is 0 Å². The van der Waals surface area contributed by atoms with Crippen molar-refractivity contribution < 1.29 is 9.18 Å². The molecule has 8 heteroatoms. The van der Waals surface area contributed by atoms with Gasteiger partial charge in [0, 0.05) is 12.6 Å². The summed E-state index contributed by atoms with van der Waals surface area (Å²) in [5, 5.41) is 9.94. The maximum absolute atomic E-state index is 12.9. The van der Waals surface area contributed by atoms with Crippen molar-refractivity contribution in [1.82, 2.24) is 25.4 Å². The summed E-state index contributed by atoms with van der Waals surface area (Å²) >= 11 is 0. The first-order valence-corrected chi connectivity index (χ1v) is 6.66. The van der Waals surface area contributed by atoms with E-state index in [4.69, 9.17) is 0 Å². The van der Waals surface area contributed by atoms with E-state index in [9.17, 15) is 9.18 Å². The van der Waals surface area contributed by atoms with E-state index in [0.29, 0.717) is 18.1 Å². The number of nitrogens with one attached hydrogen (secondary N) is 2. The molecule has 0 aliphatic carbocycles. The quantitative estimate of drug-likeness (QED) is 0.872. The maximum atomic E-state index is 12.9. The van der Waals surface area contributed by atoms with Gasteiger partial charge in [0.2, 0.25) is 5.82 Å². The number of aromatic nitrogens is 3. The first kappa shape index (κ1) is 18.1. The normalized spacial score (nSPS) is 11.6. The molecule has 1 atom stereocenters. The summed E-state index contributed by atoms with van der Waals surface area (Å²) in [6.07, 6.45) is 0. The minimum Gasteiger partial charge on any atom is -0.348 e. The van der Waals surface area contributed by atoms with Crippen molar-refractivity contribution in [3.05, 3.63) is 41.7 Å². The van der Waals surface area contributed by atoms with E-state index >= 15 is 0 Å². The average Bonchev–Trinajstić information content (AvgIpc) is 2.87. The molecule has 0 saturated carbocycles. The number of halogens is 2. The Labute approximate surface area is 134 Å². The Balaban J connectivity index is 0.00000242. The van der Waals surface area contributed by atoms with Crippen LogP contribution in [0, 0.1) is 12.7 Å². The number of amides is 1. The number of hydrogen-bond donors (Lipinski definition) is 2. The summed E-state index contributed by atoms with van der Waals surface area (Å²) in [5.41, 5.74) is 0.657. The van der Waals surface area contributed by atoms with Crippen LogP contribution < -0.4 is 10.6 Å². The fourth-order valence-corrected chi connectivity index (χ4v) is 1.74. The molecule has 2 rings (SSSR count). The molecule has 0 spiro atoms. The molecule has 1 amide bonds. The Morgan fingerprint density at radius 3 is 2.59 bits per heavy atom. The van der Waals surface area contributed by atoms with Gasteiger partial charge >= 0.3 is 0 Å². The van der Waals surface area contributed by atoms with Crippen LogP contribution in [0.1, 0.15) is 23.4 Å². The zero-order chi connectivity index (χ0) is 15.4. The van der Waals surface area contributed by atoms with Gasteiger partial charge in [-0.05, 0) is 45.2 Å². The highest BCUT2D eigenvalue weighted by molar-refractivity contribution is 5.90. The van der Waals surface area contributed by atoms with Crippen LogP contribution >= 0.6 is 12.4 Å². The molecular formula is C14H19ClFN5O. The van der Waals surface area contributed by atoms with Crippen molar-refractivity contribution in [3.63, 3.8) is 0 Å². The van der Waals surface area contributed by atoms with Crippen LogP contribution in [0.3, 0.4) is 0 Å². The highest BCUT2D eigenvalue weighted by Gasteiger charge is 2.15. The molecule has 1 aromatic heterocycles. The predicted molar refractivity (Wildman–Crippen MR) is 84.2 cm³/mol. The molecule has 1 unspecified atom stereocenters. The number of carbonyl (C=O) groups is 1. The summed E-state index contributed by atoms with van der Waals surface area (Å²) < 4.78 is 14.4. The summed E-state index contributed by atoms with van der Waals surface area (Å²) in [7, 11) is 1.82. The summed E-state index contributed by atoms with van der Waals surface area (Å²) in [6.45, 7) is 4.18. The Hall–Kier alpha value is -1.99. The first-order chi connectivity index (χ1) is 10.0. The fraction of sp³-hybridized carbons (Fsp3) is 0.357. The highest BCUT2D eigenvalue weighted by Crippen LogP contribution is 2.10. The Morgan fingerprint density at radius 1 is 1.36 bits per heavy atom. The second-order valence-corrected chi connectivity index (χ2v) is 4.77. The number of rotatable bonds is 5. The van der Waals surface area contributed by atoms with Crippen molar-refractivity contribution in [2.75, 3.05) is 13.6 Å². The number of nitrogens with zero attached hydrogens (tertiary/aromatic N) is 3. The van der Waals surface area contributed by atoms with Crippen LogP contribution in [0.2, 0.25) is 0 Å². The van der Waals surface area contributed by atoms with Gasteiger partial charge in [-0.25, -0.2) is 14.1 Å². The van der Waals surface area contributed by atoms with Crippen molar-refractivity contribution in [1.29, 1.82) is 0 Å². The Morgan fingerprint density at radius 2 is 2.00 bits per heavy atom. The van der Waals surface area contributed by atoms with Crippen LogP contribution in [0.15, 0.2) is 24.3 Å². The fourth-order valence-electron chi connectivity index (χ4n) is 1.74. The van der Waals surface area contributed by atoms with Crippen molar-refractivity contribution in [2.45, 2.75) is 19.9 Å². The smallest absolute Gasteiger partial charge is 0.291 e. The lowest BCUT2D eigenvalue weighted by Gasteiger charge is -2.09. The van der Waals surface area contributed by atoms with Gasteiger partial charge in [0.25, 0.3) is 5.91 Å². The molecule has 6 nitrogen and oxygen atoms in total. The second-order valence-electron chi connectivity index (χ2n) is 4.77. The zero-order valence-electron chi connectivity index (χ0n) is 12.6. The second kappa shape index (κ2) is 7.86. The maximum Gasteiger partial charge on any atom is 0.291 e. The lowest BCUT2D eigenvalue weighted by molar-refractivity contribution is 0.0940. The summed E-state index contributed by atoms with van der Waals surface area (Å²) in [4.78, 5) is 16.1. The number of carbonyl (C=O) groups excluding carboxylic acids is 1. The average molecular weight is 328 g/mol. The van der Waals surface area contributed by atoms with E-state index in [1.165, 1.54) is 16.8 Å². The highest BCUT2D eigenvalue weighted by atomic mass is 35.5. The minimum atomic E-state index is -0.332. The number of benzene rings is 1. The lowest BCUT2D eigenvalue weighted by Crippen LogP contribution is -2.37. The zero-order valence-corrected chi connectivity index (χ0v) is 13.4. The van der Waals surface area contributed by atoms with Gasteiger partial charge < -0.3 is 10.6 Å². The molecule has 2 N–H and O–H groups in total. The monoisotopic (exact) mass is 327 g/mol. The predicted octanol–water partition coefficient (Wildman–Crippen LogP) is 1.47. The van der Waals surface area contributed by atoms with Crippen LogP contribution in [-0.2, 0) is 0 Å². The SMILES string of the molecule is CNC(C)CNC(=O)c1nc(C)n(-c2ccc(F)cc2)n1.Cl. The number of aryl methyl sites for hydroxylation is 1. The van der Waals surface area contributed by atoms with Gasteiger partial charge in [0.1, 0.15) is 11.6 Å². The molecule has 1 heterocycles. The summed E-state index contributed by atoms with van der Waals surface area (Å²) in [5.74, 6) is 0.00477. The molecule has 2 aromatic rings. The van der Waals surface area contributed by atoms with Crippen molar-refractivity contribution in [2.24, 2.45) is 0 Å². The van der Waals surface area contributed by atoms with E-state index in [0.717, 1.165) is 0 Å². The third-order valence-electron chi connectivity index (χ3n) is 3.10. The van der Waals surface area contributed by atoms with Crippen LogP contribution in [0.25, 0.3) is 5.69 Å². The largest absolute Gasteiger partial charge is 0.348 e. The van der Waals surface area contributed by atoms with Gasteiger partial charge in [0.15, 0.2) is 0 Å². The van der Waals surface area contributed by atoms with Crippen LogP contribution in [-0.4, -0.2) is 40.3 Å². The van der Waals surface area contributed by atoms with Crippen molar-refractivity contribution >= 4 is 18.3 Å². The topological polar surface area (TPSA) is 71.8 Å².